The summed E-state index contributed by atoms with van der Waals surface area (Å²) in [6, 6.07) is 12.6. The smallest absolute Gasteiger partial charge is 0.124 e. The SMILES string of the molecule is CCCNCc1c(OCCOC)ccc2ccccc12. The van der Waals surface area contributed by atoms with Crippen LogP contribution in [0, 0.1) is 0 Å². The summed E-state index contributed by atoms with van der Waals surface area (Å²) in [4.78, 5) is 0. The molecule has 0 fully saturated rings. The highest BCUT2D eigenvalue weighted by Crippen LogP contribution is 2.28. The monoisotopic (exact) mass is 273 g/mol. The van der Waals surface area contributed by atoms with E-state index in [9.17, 15) is 0 Å². The second kappa shape index (κ2) is 7.88. The van der Waals surface area contributed by atoms with Gasteiger partial charge in [-0.05, 0) is 29.8 Å². The summed E-state index contributed by atoms with van der Waals surface area (Å²) >= 11 is 0. The van der Waals surface area contributed by atoms with Gasteiger partial charge >= 0.3 is 0 Å². The van der Waals surface area contributed by atoms with E-state index in [0.29, 0.717) is 13.2 Å². The number of benzene rings is 2. The van der Waals surface area contributed by atoms with E-state index in [1.165, 1.54) is 16.3 Å². The Morgan fingerprint density at radius 3 is 2.70 bits per heavy atom. The van der Waals surface area contributed by atoms with E-state index >= 15 is 0 Å². The normalized spacial score (nSPS) is 10.9. The molecule has 0 radical (unpaired) electrons. The third kappa shape index (κ3) is 3.71. The molecule has 0 unspecified atom stereocenters. The van der Waals surface area contributed by atoms with Crippen molar-refractivity contribution in [3.05, 3.63) is 42.0 Å². The summed E-state index contributed by atoms with van der Waals surface area (Å²) in [5, 5.41) is 5.97. The van der Waals surface area contributed by atoms with Crippen LogP contribution in [0.1, 0.15) is 18.9 Å². The van der Waals surface area contributed by atoms with Crippen molar-refractivity contribution >= 4 is 10.8 Å². The van der Waals surface area contributed by atoms with Crippen molar-refractivity contribution in [2.24, 2.45) is 0 Å². The fraction of sp³-hybridized carbons (Fsp3) is 0.412. The molecule has 0 atom stereocenters. The number of hydrogen-bond donors (Lipinski definition) is 1. The Kier molecular flexibility index (Phi) is 5.84. The van der Waals surface area contributed by atoms with Gasteiger partial charge in [-0.25, -0.2) is 0 Å². The average Bonchev–Trinajstić information content (AvgIpc) is 2.49. The first-order valence-corrected chi connectivity index (χ1v) is 7.20. The summed E-state index contributed by atoms with van der Waals surface area (Å²) < 4.78 is 10.9. The number of hydrogen-bond acceptors (Lipinski definition) is 3. The highest BCUT2D eigenvalue weighted by Gasteiger charge is 2.08. The molecule has 3 heteroatoms. The number of ether oxygens (including phenoxy) is 2. The molecule has 0 bridgehead atoms. The lowest BCUT2D eigenvalue weighted by molar-refractivity contribution is 0.146. The molecule has 20 heavy (non-hydrogen) atoms. The lowest BCUT2D eigenvalue weighted by Crippen LogP contribution is -2.15. The van der Waals surface area contributed by atoms with Gasteiger partial charge in [-0.15, -0.1) is 0 Å². The summed E-state index contributed by atoms with van der Waals surface area (Å²) in [5.74, 6) is 0.948. The zero-order chi connectivity index (χ0) is 14.2. The van der Waals surface area contributed by atoms with Crippen LogP contribution >= 0.6 is 0 Å². The van der Waals surface area contributed by atoms with Gasteiger partial charge in [0.05, 0.1) is 6.61 Å². The molecule has 3 nitrogen and oxygen atoms in total. The van der Waals surface area contributed by atoms with Crippen molar-refractivity contribution in [1.29, 1.82) is 0 Å². The molecule has 2 aromatic rings. The molecule has 2 rings (SSSR count). The van der Waals surface area contributed by atoms with E-state index in [2.05, 4.69) is 48.6 Å². The number of methoxy groups -OCH3 is 1. The summed E-state index contributed by atoms with van der Waals surface area (Å²) in [6.07, 6.45) is 1.13. The number of rotatable bonds is 8. The molecule has 0 amide bonds. The van der Waals surface area contributed by atoms with Gasteiger partial charge < -0.3 is 14.8 Å². The van der Waals surface area contributed by atoms with Crippen LogP contribution < -0.4 is 10.1 Å². The van der Waals surface area contributed by atoms with Crippen LogP contribution in [-0.4, -0.2) is 26.9 Å². The third-order valence-corrected chi connectivity index (χ3v) is 3.27. The topological polar surface area (TPSA) is 30.5 Å². The molecule has 2 aromatic carbocycles. The zero-order valence-electron chi connectivity index (χ0n) is 12.3. The van der Waals surface area contributed by atoms with Gasteiger partial charge in [0.15, 0.2) is 0 Å². The second-order valence-electron chi connectivity index (χ2n) is 4.78. The first kappa shape index (κ1) is 14.8. The molecule has 108 valence electrons. The van der Waals surface area contributed by atoms with Gasteiger partial charge in [-0.2, -0.15) is 0 Å². The third-order valence-electron chi connectivity index (χ3n) is 3.27. The van der Waals surface area contributed by atoms with Gasteiger partial charge in [0, 0.05) is 19.2 Å². The second-order valence-corrected chi connectivity index (χ2v) is 4.78. The molecule has 0 saturated carbocycles. The molecule has 0 aliphatic rings. The quantitative estimate of drug-likeness (QED) is 0.748. The van der Waals surface area contributed by atoms with Crippen molar-refractivity contribution in [3.8, 4) is 5.75 Å². The van der Waals surface area contributed by atoms with Crippen molar-refractivity contribution in [2.75, 3.05) is 26.9 Å². The molecule has 0 aromatic heterocycles. The minimum atomic E-state index is 0.579. The Morgan fingerprint density at radius 1 is 1.05 bits per heavy atom. The highest BCUT2D eigenvalue weighted by molar-refractivity contribution is 5.87. The Hall–Kier alpha value is -1.58. The van der Waals surface area contributed by atoms with Crippen LogP contribution in [0.25, 0.3) is 10.8 Å². The summed E-state index contributed by atoms with van der Waals surface area (Å²) in [5.41, 5.74) is 1.23. The van der Waals surface area contributed by atoms with Gasteiger partial charge in [0.25, 0.3) is 0 Å². The molecule has 0 saturated heterocycles. The van der Waals surface area contributed by atoms with Crippen molar-refractivity contribution in [2.45, 2.75) is 19.9 Å². The van der Waals surface area contributed by atoms with Crippen LogP contribution in [0.3, 0.4) is 0 Å². The molecule has 0 aliphatic heterocycles. The number of fused-ring (bicyclic) bond motifs is 1. The lowest BCUT2D eigenvalue weighted by atomic mass is 10.0. The van der Waals surface area contributed by atoms with Crippen molar-refractivity contribution in [3.63, 3.8) is 0 Å². The van der Waals surface area contributed by atoms with Gasteiger partial charge in [-0.1, -0.05) is 37.3 Å². The Balaban J connectivity index is 2.26. The van der Waals surface area contributed by atoms with E-state index in [-0.39, 0.29) is 0 Å². The van der Waals surface area contributed by atoms with Gasteiger partial charge in [0.2, 0.25) is 0 Å². The Bertz CT molecular complexity index is 540. The standard InChI is InChI=1S/C17H23NO2/c1-3-10-18-13-16-15-7-5-4-6-14(15)8-9-17(16)20-12-11-19-2/h4-9,18H,3,10-13H2,1-2H3. The van der Waals surface area contributed by atoms with Crippen LogP contribution in [0.15, 0.2) is 36.4 Å². The predicted octanol–water partition coefficient (Wildman–Crippen LogP) is 3.36. The van der Waals surface area contributed by atoms with Crippen molar-refractivity contribution < 1.29 is 9.47 Å². The van der Waals surface area contributed by atoms with E-state index < -0.39 is 0 Å². The number of nitrogens with one attached hydrogen (secondary N) is 1. The minimum Gasteiger partial charge on any atom is -0.491 e. The molecule has 1 N–H and O–H groups in total. The maximum atomic E-state index is 5.85. The molecule has 0 heterocycles. The zero-order valence-corrected chi connectivity index (χ0v) is 12.3. The van der Waals surface area contributed by atoms with Crippen LogP contribution in [-0.2, 0) is 11.3 Å². The average molecular weight is 273 g/mol. The van der Waals surface area contributed by atoms with E-state index in [1.807, 2.05) is 0 Å². The van der Waals surface area contributed by atoms with E-state index in [4.69, 9.17) is 9.47 Å². The summed E-state index contributed by atoms with van der Waals surface area (Å²) in [7, 11) is 1.69. The maximum Gasteiger partial charge on any atom is 0.124 e. The van der Waals surface area contributed by atoms with E-state index in [1.54, 1.807) is 7.11 Å². The fourth-order valence-electron chi connectivity index (χ4n) is 2.26. The first-order chi connectivity index (χ1) is 9.86. The minimum absolute atomic E-state index is 0.579. The Morgan fingerprint density at radius 2 is 1.90 bits per heavy atom. The summed E-state index contributed by atoms with van der Waals surface area (Å²) in [6.45, 7) is 5.20. The maximum absolute atomic E-state index is 5.85. The molecular weight excluding hydrogens is 250 g/mol. The van der Waals surface area contributed by atoms with Crippen LogP contribution in [0.5, 0.6) is 5.75 Å². The van der Waals surface area contributed by atoms with Crippen molar-refractivity contribution in [1.82, 2.24) is 5.32 Å². The van der Waals surface area contributed by atoms with Crippen LogP contribution in [0.2, 0.25) is 0 Å². The Labute approximate surface area is 120 Å². The van der Waals surface area contributed by atoms with Crippen LogP contribution in [0.4, 0.5) is 0 Å². The molecule has 0 spiro atoms. The predicted molar refractivity (Wildman–Crippen MR) is 83.3 cm³/mol. The van der Waals surface area contributed by atoms with Gasteiger partial charge in [-0.3, -0.25) is 0 Å². The van der Waals surface area contributed by atoms with Gasteiger partial charge in [0.1, 0.15) is 12.4 Å². The largest absolute Gasteiger partial charge is 0.491 e. The lowest BCUT2D eigenvalue weighted by Gasteiger charge is -2.14. The first-order valence-electron chi connectivity index (χ1n) is 7.20. The highest BCUT2D eigenvalue weighted by atomic mass is 16.5. The molecular formula is C17H23NO2. The fourth-order valence-corrected chi connectivity index (χ4v) is 2.26. The molecule has 0 aliphatic carbocycles. The van der Waals surface area contributed by atoms with E-state index in [0.717, 1.165) is 25.3 Å².